The number of nitrogens with one attached hydrogen (secondary N) is 1. The van der Waals surface area contributed by atoms with E-state index in [1.807, 2.05) is 5.32 Å². The Bertz CT molecular complexity index is 473. The topological polar surface area (TPSA) is 49.3 Å². The smallest absolute Gasteiger partial charge is 0.257 e. The summed E-state index contributed by atoms with van der Waals surface area (Å²) in [6.45, 7) is 1.03. The first-order valence-corrected chi connectivity index (χ1v) is 5.28. The summed E-state index contributed by atoms with van der Waals surface area (Å²) in [7, 11) is 0. The van der Waals surface area contributed by atoms with Gasteiger partial charge < -0.3 is 10.4 Å². The van der Waals surface area contributed by atoms with Crippen molar-refractivity contribution in [1.82, 2.24) is 5.32 Å². The van der Waals surface area contributed by atoms with Gasteiger partial charge in [-0.05, 0) is 6.42 Å². The Labute approximate surface area is 105 Å². The number of aliphatic hydroxyl groups excluding tert-OH is 1. The first-order valence-electron chi connectivity index (χ1n) is 5.28. The molecule has 0 aliphatic rings. The van der Waals surface area contributed by atoms with Crippen LogP contribution < -0.4 is 5.32 Å². The van der Waals surface area contributed by atoms with Gasteiger partial charge >= 0.3 is 0 Å². The van der Waals surface area contributed by atoms with Gasteiger partial charge in [-0.1, -0.05) is 6.92 Å². The molecule has 1 amide bonds. The predicted molar refractivity (Wildman–Crippen MR) is 54.9 cm³/mol. The SMILES string of the molecule is CC[C@@H](CO)NC(=O)c1c(F)c(F)c(F)c(F)c1F. The molecule has 0 radical (unpaired) electrons. The van der Waals surface area contributed by atoms with Gasteiger partial charge in [-0.3, -0.25) is 4.79 Å². The lowest BCUT2D eigenvalue weighted by Crippen LogP contribution is -2.38. The van der Waals surface area contributed by atoms with Crippen LogP contribution in [-0.4, -0.2) is 23.7 Å². The van der Waals surface area contributed by atoms with Gasteiger partial charge in [0.15, 0.2) is 23.3 Å². The average molecular weight is 283 g/mol. The Kier molecular flexibility index (Phi) is 4.82. The van der Waals surface area contributed by atoms with E-state index in [4.69, 9.17) is 5.11 Å². The Morgan fingerprint density at radius 1 is 1.05 bits per heavy atom. The first kappa shape index (κ1) is 15.4. The van der Waals surface area contributed by atoms with Crippen molar-refractivity contribution in [2.24, 2.45) is 0 Å². The van der Waals surface area contributed by atoms with E-state index in [1.54, 1.807) is 6.92 Å². The van der Waals surface area contributed by atoms with E-state index in [-0.39, 0.29) is 6.42 Å². The number of hydrogen-bond acceptors (Lipinski definition) is 2. The second-order valence-corrected chi connectivity index (χ2v) is 3.71. The van der Waals surface area contributed by atoms with Crippen LogP contribution >= 0.6 is 0 Å². The Balaban J connectivity index is 3.24. The van der Waals surface area contributed by atoms with E-state index < -0.39 is 53.2 Å². The van der Waals surface area contributed by atoms with Crippen LogP contribution in [0.15, 0.2) is 0 Å². The third-order valence-corrected chi connectivity index (χ3v) is 2.49. The number of halogens is 5. The Morgan fingerprint density at radius 3 is 1.84 bits per heavy atom. The molecule has 0 aliphatic heterocycles. The second kappa shape index (κ2) is 5.96. The van der Waals surface area contributed by atoms with Gasteiger partial charge in [0.2, 0.25) is 5.82 Å². The largest absolute Gasteiger partial charge is 0.394 e. The fraction of sp³-hybridized carbons (Fsp3) is 0.364. The standard InChI is InChI=1S/C11H10F5NO2/c1-2-4(3-18)17-11(19)5-6(12)8(14)10(16)9(15)7(5)13/h4,18H,2-3H2,1H3,(H,17,19)/t4-/m0/s1. The summed E-state index contributed by atoms with van der Waals surface area (Å²) in [5.74, 6) is -12.6. The molecule has 0 bridgehead atoms. The fourth-order valence-corrected chi connectivity index (χ4v) is 1.34. The minimum Gasteiger partial charge on any atom is -0.394 e. The van der Waals surface area contributed by atoms with Crippen molar-refractivity contribution in [2.75, 3.05) is 6.61 Å². The summed E-state index contributed by atoms with van der Waals surface area (Å²) < 4.78 is 65.0. The number of hydrogen-bond donors (Lipinski definition) is 2. The lowest BCUT2D eigenvalue weighted by atomic mass is 10.1. The van der Waals surface area contributed by atoms with Crippen LogP contribution in [0.3, 0.4) is 0 Å². The van der Waals surface area contributed by atoms with Crippen LogP contribution in [0.1, 0.15) is 23.7 Å². The zero-order valence-electron chi connectivity index (χ0n) is 9.74. The molecule has 0 spiro atoms. The molecule has 0 heterocycles. The van der Waals surface area contributed by atoms with Crippen LogP contribution in [0, 0.1) is 29.1 Å². The first-order chi connectivity index (χ1) is 8.84. The van der Waals surface area contributed by atoms with Gasteiger partial charge in [0.25, 0.3) is 5.91 Å². The monoisotopic (exact) mass is 283 g/mol. The highest BCUT2D eigenvalue weighted by Gasteiger charge is 2.30. The molecule has 0 unspecified atom stereocenters. The molecule has 1 rings (SSSR count). The number of carbonyl (C=O) groups is 1. The van der Waals surface area contributed by atoms with E-state index >= 15 is 0 Å². The van der Waals surface area contributed by atoms with Crippen molar-refractivity contribution in [3.8, 4) is 0 Å². The molecule has 0 aliphatic carbocycles. The Hall–Kier alpha value is -1.70. The summed E-state index contributed by atoms with van der Waals surface area (Å²) >= 11 is 0. The van der Waals surface area contributed by atoms with E-state index in [0.29, 0.717) is 0 Å². The highest BCUT2D eigenvalue weighted by Crippen LogP contribution is 2.23. The Morgan fingerprint density at radius 2 is 1.47 bits per heavy atom. The second-order valence-electron chi connectivity index (χ2n) is 3.71. The number of aliphatic hydroxyl groups is 1. The summed E-state index contributed by atoms with van der Waals surface area (Å²) in [4.78, 5) is 11.5. The van der Waals surface area contributed by atoms with E-state index in [1.165, 1.54) is 0 Å². The summed E-state index contributed by atoms with van der Waals surface area (Å²) in [6, 6.07) is -0.845. The predicted octanol–water partition coefficient (Wildman–Crippen LogP) is 1.88. The molecule has 8 heteroatoms. The molecule has 0 saturated carbocycles. The molecule has 0 saturated heterocycles. The molecule has 2 N–H and O–H groups in total. The van der Waals surface area contributed by atoms with Gasteiger partial charge in [0, 0.05) is 0 Å². The minimum atomic E-state index is -2.33. The molecular formula is C11H10F5NO2. The summed E-state index contributed by atoms with van der Waals surface area (Å²) in [5, 5.41) is 10.8. The zero-order chi connectivity index (χ0) is 14.7. The van der Waals surface area contributed by atoms with Crippen LogP contribution in [-0.2, 0) is 0 Å². The number of carbonyl (C=O) groups excluding carboxylic acids is 1. The maximum atomic E-state index is 13.3. The molecule has 1 atom stereocenters. The molecule has 19 heavy (non-hydrogen) atoms. The third-order valence-electron chi connectivity index (χ3n) is 2.49. The third kappa shape index (κ3) is 2.83. The molecule has 1 aromatic rings. The van der Waals surface area contributed by atoms with Crippen molar-refractivity contribution in [2.45, 2.75) is 19.4 Å². The van der Waals surface area contributed by atoms with Gasteiger partial charge in [0.05, 0.1) is 12.6 Å². The number of benzene rings is 1. The molecule has 0 aromatic heterocycles. The summed E-state index contributed by atoms with van der Waals surface area (Å²) in [6.07, 6.45) is 0.220. The van der Waals surface area contributed by atoms with Gasteiger partial charge in [-0.25, -0.2) is 22.0 Å². The molecule has 1 aromatic carbocycles. The van der Waals surface area contributed by atoms with E-state index in [0.717, 1.165) is 0 Å². The fourth-order valence-electron chi connectivity index (χ4n) is 1.34. The van der Waals surface area contributed by atoms with Crippen molar-refractivity contribution >= 4 is 5.91 Å². The van der Waals surface area contributed by atoms with Crippen molar-refractivity contribution in [1.29, 1.82) is 0 Å². The molecule has 3 nitrogen and oxygen atoms in total. The van der Waals surface area contributed by atoms with Gasteiger partial charge in [-0.2, -0.15) is 0 Å². The van der Waals surface area contributed by atoms with Crippen LogP contribution in [0.5, 0.6) is 0 Å². The minimum absolute atomic E-state index is 0.220. The number of rotatable bonds is 4. The quantitative estimate of drug-likeness (QED) is 0.503. The number of amides is 1. The highest BCUT2D eigenvalue weighted by atomic mass is 19.2. The van der Waals surface area contributed by atoms with Crippen LogP contribution in [0.2, 0.25) is 0 Å². The molecular weight excluding hydrogens is 273 g/mol. The maximum absolute atomic E-state index is 13.3. The highest BCUT2D eigenvalue weighted by molar-refractivity contribution is 5.95. The van der Waals surface area contributed by atoms with Gasteiger partial charge in [-0.15, -0.1) is 0 Å². The maximum Gasteiger partial charge on any atom is 0.257 e. The lowest BCUT2D eigenvalue weighted by Gasteiger charge is -2.15. The lowest BCUT2D eigenvalue weighted by molar-refractivity contribution is 0.0903. The van der Waals surface area contributed by atoms with Crippen LogP contribution in [0.25, 0.3) is 0 Å². The van der Waals surface area contributed by atoms with Crippen molar-refractivity contribution in [3.63, 3.8) is 0 Å². The average Bonchev–Trinajstić information content (AvgIpc) is 2.40. The van der Waals surface area contributed by atoms with Crippen molar-refractivity contribution < 1.29 is 31.9 Å². The normalized spacial score (nSPS) is 12.4. The van der Waals surface area contributed by atoms with E-state index in [9.17, 15) is 26.7 Å². The summed E-state index contributed by atoms with van der Waals surface area (Å²) in [5.41, 5.74) is -1.57. The molecule has 0 fully saturated rings. The zero-order valence-corrected chi connectivity index (χ0v) is 9.74. The van der Waals surface area contributed by atoms with E-state index in [2.05, 4.69) is 0 Å². The van der Waals surface area contributed by atoms with Gasteiger partial charge in [0.1, 0.15) is 5.56 Å². The molecule has 106 valence electrons. The van der Waals surface area contributed by atoms with Crippen molar-refractivity contribution in [3.05, 3.63) is 34.6 Å². The van der Waals surface area contributed by atoms with Crippen LogP contribution in [0.4, 0.5) is 22.0 Å².